The molecule has 19 heavy (non-hydrogen) atoms. The summed E-state index contributed by atoms with van der Waals surface area (Å²) in [6.45, 7) is 0. The van der Waals surface area contributed by atoms with Gasteiger partial charge in [-0.05, 0) is 36.5 Å². The first-order valence-corrected chi connectivity index (χ1v) is 6.62. The normalized spacial score (nSPS) is 19.8. The number of aromatic nitrogens is 1. The summed E-state index contributed by atoms with van der Waals surface area (Å²) < 4.78 is 13.7. The molecule has 1 N–H and O–H groups in total. The van der Waals surface area contributed by atoms with Gasteiger partial charge in [-0.2, -0.15) is 0 Å². The summed E-state index contributed by atoms with van der Waals surface area (Å²) in [6, 6.07) is 9.70. The van der Waals surface area contributed by atoms with E-state index in [9.17, 15) is 9.50 Å². The van der Waals surface area contributed by atoms with E-state index in [-0.39, 0.29) is 5.92 Å². The summed E-state index contributed by atoms with van der Waals surface area (Å²) in [5, 5.41) is 10.5. The summed E-state index contributed by atoms with van der Waals surface area (Å²) in [5.74, 6) is -0.458. The number of benzene rings is 1. The molecular weight excluding hydrogens is 241 g/mol. The summed E-state index contributed by atoms with van der Waals surface area (Å²) in [4.78, 5) is 3.73. The van der Waals surface area contributed by atoms with Gasteiger partial charge in [0.05, 0.1) is 12.3 Å². The van der Waals surface area contributed by atoms with E-state index in [4.69, 9.17) is 0 Å². The number of fused-ring (bicyclic) bond motifs is 1. The minimum atomic E-state index is -0.801. The van der Waals surface area contributed by atoms with Gasteiger partial charge in [0.2, 0.25) is 0 Å². The first-order valence-electron chi connectivity index (χ1n) is 6.62. The van der Waals surface area contributed by atoms with Crippen molar-refractivity contribution in [1.82, 2.24) is 4.98 Å². The van der Waals surface area contributed by atoms with Crippen molar-refractivity contribution in [2.45, 2.75) is 31.3 Å². The van der Waals surface area contributed by atoms with Crippen molar-refractivity contribution in [3.05, 3.63) is 65.2 Å². The van der Waals surface area contributed by atoms with Crippen LogP contribution in [0.3, 0.4) is 0 Å². The minimum Gasteiger partial charge on any atom is -0.388 e. The summed E-state index contributed by atoms with van der Waals surface area (Å²) >= 11 is 0. The number of rotatable bonds is 2. The smallest absolute Gasteiger partial charge is 0.147 e. The third-order valence-electron chi connectivity index (χ3n) is 3.92. The second-order valence-electron chi connectivity index (χ2n) is 5.04. The number of aliphatic hydroxyl groups is 1. The van der Waals surface area contributed by atoms with Crippen LogP contribution in [0, 0.1) is 5.82 Å². The van der Waals surface area contributed by atoms with Crippen LogP contribution < -0.4 is 0 Å². The zero-order valence-electron chi connectivity index (χ0n) is 10.6. The molecule has 3 heteroatoms. The SMILES string of the molecule is OC(c1ccncc1F)C1CCCc2ccccc21. The van der Waals surface area contributed by atoms with Crippen molar-refractivity contribution in [2.75, 3.05) is 0 Å². The Labute approximate surface area is 111 Å². The molecule has 1 heterocycles. The predicted octanol–water partition coefficient (Wildman–Crippen LogP) is 3.37. The lowest BCUT2D eigenvalue weighted by atomic mass is 9.78. The van der Waals surface area contributed by atoms with Gasteiger partial charge in [0, 0.05) is 17.7 Å². The average Bonchev–Trinajstić information content (AvgIpc) is 2.46. The maximum atomic E-state index is 13.7. The molecule has 1 aromatic heterocycles. The van der Waals surface area contributed by atoms with Crippen LogP contribution in [-0.2, 0) is 6.42 Å². The molecule has 0 aliphatic heterocycles. The van der Waals surface area contributed by atoms with E-state index in [1.807, 2.05) is 18.2 Å². The summed E-state index contributed by atoms with van der Waals surface area (Å²) in [5.41, 5.74) is 2.77. The third-order valence-corrected chi connectivity index (χ3v) is 3.92. The molecule has 0 saturated heterocycles. The molecule has 0 radical (unpaired) electrons. The highest BCUT2D eigenvalue weighted by molar-refractivity contribution is 5.35. The van der Waals surface area contributed by atoms with E-state index in [1.54, 1.807) is 6.07 Å². The first kappa shape index (κ1) is 12.3. The topological polar surface area (TPSA) is 33.1 Å². The molecule has 2 nitrogen and oxygen atoms in total. The molecule has 98 valence electrons. The van der Waals surface area contributed by atoms with E-state index in [2.05, 4.69) is 11.1 Å². The average molecular weight is 257 g/mol. The van der Waals surface area contributed by atoms with Crippen molar-refractivity contribution in [1.29, 1.82) is 0 Å². The number of pyridine rings is 1. The van der Waals surface area contributed by atoms with Crippen molar-refractivity contribution in [3.8, 4) is 0 Å². The van der Waals surface area contributed by atoms with E-state index in [1.165, 1.54) is 11.8 Å². The van der Waals surface area contributed by atoms with Gasteiger partial charge in [0.15, 0.2) is 0 Å². The Balaban J connectivity index is 1.98. The van der Waals surface area contributed by atoms with Crippen molar-refractivity contribution < 1.29 is 9.50 Å². The van der Waals surface area contributed by atoms with Crippen LogP contribution in [0.15, 0.2) is 42.7 Å². The highest BCUT2D eigenvalue weighted by Crippen LogP contribution is 2.40. The monoisotopic (exact) mass is 257 g/mol. The molecule has 0 spiro atoms. The Morgan fingerprint density at radius 2 is 2.11 bits per heavy atom. The number of hydrogen-bond donors (Lipinski definition) is 1. The number of hydrogen-bond acceptors (Lipinski definition) is 2. The molecule has 1 aromatic carbocycles. The lowest BCUT2D eigenvalue weighted by molar-refractivity contribution is 0.132. The number of aliphatic hydroxyl groups excluding tert-OH is 1. The van der Waals surface area contributed by atoms with E-state index in [0.717, 1.165) is 31.0 Å². The quantitative estimate of drug-likeness (QED) is 0.894. The first-order chi connectivity index (χ1) is 9.27. The number of aryl methyl sites for hydroxylation is 1. The molecule has 1 aliphatic rings. The molecule has 0 fully saturated rings. The van der Waals surface area contributed by atoms with Crippen molar-refractivity contribution in [2.24, 2.45) is 0 Å². The van der Waals surface area contributed by atoms with Gasteiger partial charge < -0.3 is 5.11 Å². The lowest BCUT2D eigenvalue weighted by Crippen LogP contribution is -2.18. The molecule has 1 aliphatic carbocycles. The second kappa shape index (κ2) is 5.10. The zero-order chi connectivity index (χ0) is 13.2. The maximum absolute atomic E-state index is 13.7. The van der Waals surface area contributed by atoms with Crippen LogP contribution in [-0.4, -0.2) is 10.1 Å². The van der Waals surface area contributed by atoms with E-state index >= 15 is 0 Å². The molecule has 0 saturated carbocycles. The highest BCUT2D eigenvalue weighted by Gasteiger charge is 2.28. The third kappa shape index (κ3) is 2.26. The fourth-order valence-electron chi connectivity index (χ4n) is 2.96. The van der Waals surface area contributed by atoms with Crippen LogP contribution in [0.1, 0.15) is 41.6 Å². The standard InChI is InChI=1S/C16H16FNO/c17-15-10-18-9-8-14(15)16(19)13-7-3-5-11-4-1-2-6-12(11)13/h1-2,4,6,8-10,13,16,19H,3,5,7H2. The van der Waals surface area contributed by atoms with E-state index < -0.39 is 11.9 Å². The van der Waals surface area contributed by atoms with Crippen LogP contribution in [0.4, 0.5) is 4.39 Å². The van der Waals surface area contributed by atoms with Crippen LogP contribution >= 0.6 is 0 Å². The Kier molecular flexibility index (Phi) is 3.30. The van der Waals surface area contributed by atoms with Gasteiger partial charge in [-0.25, -0.2) is 4.39 Å². The van der Waals surface area contributed by atoms with Crippen molar-refractivity contribution >= 4 is 0 Å². The van der Waals surface area contributed by atoms with Gasteiger partial charge in [0.1, 0.15) is 5.82 Å². The van der Waals surface area contributed by atoms with Crippen LogP contribution in [0.2, 0.25) is 0 Å². The molecule has 3 rings (SSSR count). The number of nitrogens with zero attached hydrogens (tertiary/aromatic N) is 1. The molecule has 0 bridgehead atoms. The molecule has 2 aromatic rings. The minimum absolute atomic E-state index is 0.0261. The van der Waals surface area contributed by atoms with Gasteiger partial charge in [-0.1, -0.05) is 24.3 Å². The zero-order valence-corrected chi connectivity index (χ0v) is 10.6. The fourth-order valence-corrected chi connectivity index (χ4v) is 2.96. The van der Waals surface area contributed by atoms with E-state index in [0.29, 0.717) is 5.56 Å². The summed E-state index contributed by atoms with van der Waals surface area (Å²) in [6.07, 6.45) is 4.84. The Bertz CT molecular complexity index is 584. The van der Waals surface area contributed by atoms with Gasteiger partial charge in [-0.3, -0.25) is 4.98 Å². The molecule has 0 amide bonds. The second-order valence-corrected chi connectivity index (χ2v) is 5.04. The Morgan fingerprint density at radius 1 is 1.26 bits per heavy atom. The van der Waals surface area contributed by atoms with Crippen molar-refractivity contribution in [3.63, 3.8) is 0 Å². The molecular formula is C16H16FNO. The maximum Gasteiger partial charge on any atom is 0.147 e. The molecule has 2 unspecified atom stereocenters. The highest BCUT2D eigenvalue weighted by atomic mass is 19.1. The Hall–Kier alpha value is -1.74. The van der Waals surface area contributed by atoms with Crippen LogP contribution in [0.25, 0.3) is 0 Å². The van der Waals surface area contributed by atoms with Crippen LogP contribution in [0.5, 0.6) is 0 Å². The largest absolute Gasteiger partial charge is 0.388 e. The lowest BCUT2D eigenvalue weighted by Gasteiger charge is -2.29. The van der Waals surface area contributed by atoms with Gasteiger partial charge in [0.25, 0.3) is 0 Å². The predicted molar refractivity (Wildman–Crippen MR) is 71.3 cm³/mol. The fraction of sp³-hybridized carbons (Fsp3) is 0.312. The molecule has 2 atom stereocenters. The number of halogens is 1. The van der Waals surface area contributed by atoms with Gasteiger partial charge in [-0.15, -0.1) is 0 Å². The summed E-state index contributed by atoms with van der Waals surface area (Å²) in [7, 11) is 0. The van der Waals surface area contributed by atoms with Gasteiger partial charge >= 0.3 is 0 Å². The Morgan fingerprint density at radius 3 is 2.95 bits per heavy atom.